The number of aliphatic imine (C=N–C) groups is 1. The van der Waals surface area contributed by atoms with E-state index in [-0.39, 0.29) is 44.4 Å². The summed E-state index contributed by atoms with van der Waals surface area (Å²) in [6.07, 6.45) is 0.454. The second-order valence-corrected chi connectivity index (χ2v) is 10.7. The number of guanidine groups is 1. The number of amides is 4. The van der Waals surface area contributed by atoms with E-state index in [0.29, 0.717) is 23.2 Å². The molecule has 3 atom stereocenters. The number of anilines is 1. The number of hydrogen-bond donors (Lipinski definition) is 8. The number of rotatable bonds is 18. The zero-order chi connectivity index (χ0) is 34.2. The monoisotopic (exact) mass is 643 g/mol. The largest absolute Gasteiger partial charge is 0.384 e. The van der Waals surface area contributed by atoms with Gasteiger partial charge in [0.15, 0.2) is 5.96 Å². The van der Waals surface area contributed by atoms with E-state index >= 15 is 0 Å². The molecule has 4 amide bonds. The fourth-order valence-electron chi connectivity index (χ4n) is 4.50. The van der Waals surface area contributed by atoms with Crippen LogP contribution in [0.1, 0.15) is 29.5 Å². The van der Waals surface area contributed by atoms with Gasteiger partial charge in [0.05, 0.1) is 13.2 Å². The standard InChI is InChI=1S/C33H41N9O5/c34-28(35)23-15-13-21(14-16-23)18-25(30(44)40-24-10-5-2-6-11-24)31(45)42-27(20-47-19-22-8-3-1-4-9-22)32(46)41-26(29(36)43)12-7-17-39-33(37)38/h1-6,8-11,13-16,25-27H,7,12,17-20H2,(H3,34,35)(H2,36,43)(H,40,44)(H,41,46)(H,42,45)(H4,37,38,39)/t25?,26-,27-/m0/s1. The van der Waals surface area contributed by atoms with E-state index in [1.54, 1.807) is 54.6 Å². The number of nitrogens with two attached hydrogens (primary N) is 4. The van der Waals surface area contributed by atoms with E-state index < -0.39 is 41.6 Å². The molecule has 47 heavy (non-hydrogen) atoms. The van der Waals surface area contributed by atoms with E-state index in [4.69, 9.17) is 33.1 Å². The van der Waals surface area contributed by atoms with Crippen molar-refractivity contribution in [2.45, 2.75) is 38.0 Å². The van der Waals surface area contributed by atoms with Gasteiger partial charge in [0, 0.05) is 17.8 Å². The Labute approximate surface area is 272 Å². The summed E-state index contributed by atoms with van der Waals surface area (Å²) >= 11 is 0. The van der Waals surface area contributed by atoms with Crippen LogP contribution < -0.4 is 38.9 Å². The summed E-state index contributed by atoms with van der Waals surface area (Å²) in [4.78, 5) is 56.9. The van der Waals surface area contributed by atoms with E-state index in [9.17, 15) is 19.2 Å². The Balaban J connectivity index is 1.83. The smallest absolute Gasteiger partial charge is 0.245 e. The van der Waals surface area contributed by atoms with Gasteiger partial charge in [0.25, 0.3) is 0 Å². The Hall–Kier alpha value is -5.76. The molecule has 0 aliphatic heterocycles. The highest BCUT2D eigenvalue weighted by molar-refractivity contribution is 6.07. The maximum absolute atomic E-state index is 13.8. The molecular formula is C33H41N9O5. The summed E-state index contributed by atoms with van der Waals surface area (Å²) in [6, 6.07) is 22.0. The van der Waals surface area contributed by atoms with Crippen LogP contribution in [0.5, 0.6) is 0 Å². The Morgan fingerprint density at radius 3 is 1.96 bits per heavy atom. The molecule has 14 heteroatoms. The lowest BCUT2D eigenvalue weighted by Crippen LogP contribution is -2.56. The van der Waals surface area contributed by atoms with Crippen LogP contribution in [-0.2, 0) is 36.9 Å². The highest BCUT2D eigenvalue weighted by Gasteiger charge is 2.32. The summed E-state index contributed by atoms with van der Waals surface area (Å²) in [6.45, 7) is 0.0822. The van der Waals surface area contributed by atoms with Crippen molar-refractivity contribution < 1.29 is 23.9 Å². The predicted octanol–water partition coefficient (Wildman–Crippen LogP) is 0.493. The van der Waals surface area contributed by atoms with Crippen LogP contribution in [0.4, 0.5) is 5.69 Å². The second-order valence-electron chi connectivity index (χ2n) is 10.7. The lowest BCUT2D eigenvalue weighted by molar-refractivity contribution is -0.137. The maximum atomic E-state index is 13.8. The number of ether oxygens (including phenoxy) is 1. The number of nitrogens with zero attached hydrogens (tertiary/aromatic N) is 1. The number of hydrogen-bond acceptors (Lipinski definition) is 7. The molecule has 0 radical (unpaired) electrons. The van der Waals surface area contributed by atoms with Crippen LogP contribution in [0, 0.1) is 11.3 Å². The van der Waals surface area contributed by atoms with Crippen molar-refractivity contribution in [3.63, 3.8) is 0 Å². The molecule has 0 aliphatic carbocycles. The molecule has 3 aromatic rings. The normalized spacial score (nSPS) is 12.5. The molecule has 12 N–H and O–H groups in total. The Bertz CT molecular complexity index is 1530. The summed E-state index contributed by atoms with van der Waals surface area (Å²) in [5.74, 6) is -4.39. The molecule has 0 saturated carbocycles. The van der Waals surface area contributed by atoms with Gasteiger partial charge in [-0.3, -0.25) is 29.6 Å². The molecule has 14 nitrogen and oxygen atoms in total. The highest BCUT2D eigenvalue weighted by atomic mass is 16.5. The van der Waals surface area contributed by atoms with Crippen LogP contribution in [0.2, 0.25) is 0 Å². The van der Waals surface area contributed by atoms with Gasteiger partial charge >= 0.3 is 0 Å². The van der Waals surface area contributed by atoms with Crippen LogP contribution in [0.25, 0.3) is 0 Å². The molecule has 0 spiro atoms. The van der Waals surface area contributed by atoms with Crippen molar-refractivity contribution in [1.29, 1.82) is 5.41 Å². The van der Waals surface area contributed by atoms with Crippen molar-refractivity contribution in [2.75, 3.05) is 18.5 Å². The minimum absolute atomic E-state index is 0.0312. The average molecular weight is 644 g/mol. The van der Waals surface area contributed by atoms with Gasteiger partial charge in [-0.05, 0) is 42.5 Å². The van der Waals surface area contributed by atoms with Gasteiger partial charge in [0.2, 0.25) is 23.6 Å². The molecule has 1 unspecified atom stereocenters. The summed E-state index contributed by atoms with van der Waals surface area (Å²) in [5.41, 5.74) is 24.2. The fraction of sp³-hybridized carbons (Fsp3) is 0.273. The number of primary amides is 1. The molecule has 0 aliphatic rings. The number of amidine groups is 1. The Morgan fingerprint density at radius 2 is 1.36 bits per heavy atom. The Morgan fingerprint density at radius 1 is 0.745 bits per heavy atom. The van der Waals surface area contributed by atoms with Crippen molar-refractivity contribution in [3.8, 4) is 0 Å². The molecule has 0 bridgehead atoms. The molecule has 248 valence electrons. The third-order valence-electron chi connectivity index (χ3n) is 7.01. The number of benzene rings is 3. The fourth-order valence-corrected chi connectivity index (χ4v) is 4.50. The molecular weight excluding hydrogens is 602 g/mol. The van der Waals surface area contributed by atoms with Crippen molar-refractivity contribution in [3.05, 3.63) is 102 Å². The third-order valence-corrected chi connectivity index (χ3v) is 7.01. The van der Waals surface area contributed by atoms with Crippen molar-refractivity contribution in [1.82, 2.24) is 10.6 Å². The third kappa shape index (κ3) is 12.3. The van der Waals surface area contributed by atoms with Crippen LogP contribution in [-0.4, -0.2) is 60.7 Å². The lowest BCUT2D eigenvalue weighted by atomic mass is 9.96. The molecule has 3 rings (SSSR count). The number of para-hydroxylation sites is 1. The van der Waals surface area contributed by atoms with Crippen molar-refractivity contribution in [2.24, 2.45) is 33.8 Å². The number of carbonyl (C=O) groups is 4. The van der Waals surface area contributed by atoms with E-state index in [0.717, 1.165) is 5.56 Å². The van der Waals surface area contributed by atoms with Crippen LogP contribution >= 0.6 is 0 Å². The van der Waals surface area contributed by atoms with Gasteiger partial charge in [-0.25, -0.2) is 0 Å². The zero-order valence-electron chi connectivity index (χ0n) is 25.9. The number of nitrogens with one attached hydrogen (secondary N) is 4. The van der Waals surface area contributed by atoms with Gasteiger partial charge in [-0.2, -0.15) is 0 Å². The first kappa shape index (κ1) is 35.7. The predicted molar refractivity (Wildman–Crippen MR) is 179 cm³/mol. The molecule has 0 heterocycles. The van der Waals surface area contributed by atoms with Gasteiger partial charge in [-0.1, -0.05) is 72.8 Å². The SMILES string of the molecule is N=C(N)c1ccc(CC(C(=O)Nc2ccccc2)C(=O)N[C@@H](COCc2ccccc2)C(=O)N[C@@H](CCCN=C(N)N)C(N)=O)cc1. The van der Waals surface area contributed by atoms with Gasteiger partial charge in [-0.15, -0.1) is 0 Å². The minimum Gasteiger partial charge on any atom is -0.384 e. The van der Waals surface area contributed by atoms with E-state index in [2.05, 4.69) is 20.9 Å². The molecule has 0 aromatic heterocycles. The highest BCUT2D eigenvalue weighted by Crippen LogP contribution is 2.15. The number of carbonyl (C=O) groups excluding carboxylic acids is 4. The summed E-state index contributed by atoms with van der Waals surface area (Å²) in [5, 5.41) is 15.6. The van der Waals surface area contributed by atoms with Crippen molar-refractivity contribution >= 4 is 41.1 Å². The first-order valence-corrected chi connectivity index (χ1v) is 14.9. The van der Waals surface area contributed by atoms with Crippen LogP contribution in [0.3, 0.4) is 0 Å². The maximum Gasteiger partial charge on any atom is 0.245 e. The van der Waals surface area contributed by atoms with E-state index in [1.165, 1.54) is 0 Å². The molecule has 0 saturated heterocycles. The van der Waals surface area contributed by atoms with Gasteiger partial charge < -0.3 is 43.6 Å². The zero-order valence-corrected chi connectivity index (χ0v) is 25.9. The Kier molecular flexibility index (Phi) is 13.9. The summed E-state index contributed by atoms with van der Waals surface area (Å²) in [7, 11) is 0. The first-order valence-electron chi connectivity index (χ1n) is 14.9. The average Bonchev–Trinajstić information content (AvgIpc) is 3.05. The second kappa shape index (κ2) is 18.3. The first-order chi connectivity index (χ1) is 22.5. The van der Waals surface area contributed by atoms with E-state index in [1.807, 2.05) is 30.3 Å². The molecule has 3 aromatic carbocycles. The van der Waals surface area contributed by atoms with Crippen LogP contribution in [0.15, 0.2) is 89.9 Å². The lowest BCUT2D eigenvalue weighted by Gasteiger charge is -2.24. The van der Waals surface area contributed by atoms with Gasteiger partial charge in [0.1, 0.15) is 23.8 Å². The topological polar surface area (TPSA) is 254 Å². The summed E-state index contributed by atoms with van der Waals surface area (Å²) < 4.78 is 5.79. The quantitative estimate of drug-likeness (QED) is 0.0418. The number of nitrogen functional groups attached to an aromatic ring is 1. The minimum atomic E-state index is -1.29. The molecule has 0 fully saturated rings.